The molecule has 0 amide bonds. The van der Waals surface area contributed by atoms with Crippen LogP contribution < -0.4 is 0 Å². The second-order valence-corrected chi connectivity index (χ2v) is 7.78. The second kappa shape index (κ2) is 11.1. The summed E-state index contributed by atoms with van der Waals surface area (Å²) in [5, 5.41) is 0. The Kier molecular flexibility index (Phi) is 8.27. The standard InChI is InChI=1S/C27H29BrO/c1-2-3-7-20-26(21-22-28)29-27(23-14-8-4-9-15-23,24-16-10-5-11-17-24)25-18-12-6-13-19-25/h4-6,8-19,21-22,26H,2-3,7,20H2,1H3/b22-21+. The summed E-state index contributed by atoms with van der Waals surface area (Å²) in [5.74, 6) is 0. The highest BCUT2D eigenvalue weighted by molar-refractivity contribution is 9.11. The Balaban J connectivity index is 2.16. The minimum atomic E-state index is -0.673. The molecular formula is C27H29BrO. The van der Waals surface area contributed by atoms with E-state index in [9.17, 15) is 0 Å². The predicted octanol–water partition coefficient (Wildman–Crippen LogP) is 7.85. The van der Waals surface area contributed by atoms with Crippen molar-refractivity contribution in [3.05, 3.63) is 119 Å². The molecule has 0 aliphatic rings. The number of benzene rings is 3. The van der Waals surface area contributed by atoms with Crippen LogP contribution in [0.3, 0.4) is 0 Å². The van der Waals surface area contributed by atoms with Crippen molar-refractivity contribution in [1.82, 2.24) is 0 Å². The van der Waals surface area contributed by atoms with Crippen molar-refractivity contribution in [2.75, 3.05) is 0 Å². The quantitative estimate of drug-likeness (QED) is 0.226. The summed E-state index contributed by atoms with van der Waals surface area (Å²) >= 11 is 3.47. The van der Waals surface area contributed by atoms with Crippen molar-refractivity contribution >= 4 is 15.9 Å². The smallest absolute Gasteiger partial charge is 0.144 e. The first-order valence-electron chi connectivity index (χ1n) is 10.4. The Morgan fingerprint density at radius 1 is 0.759 bits per heavy atom. The van der Waals surface area contributed by atoms with Gasteiger partial charge in [-0.3, -0.25) is 0 Å². The van der Waals surface area contributed by atoms with E-state index in [1.807, 2.05) is 4.99 Å². The Labute approximate surface area is 183 Å². The molecule has 1 atom stereocenters. The fraction of sp³-hybridized carbons (Fsp3) is 0.259. The molecule has 1 nitrogen and oxygen atoms in total. The van der Waals surface area contributed by atoms with Crippen molar-refractivity contribution in [3.63, 3.8) is 0 Å². The minimum Gasteiger partial charge on any atom is -0.354 e. The number of hydrogen-bond donors (Lipinski definition) is 0. The summed E-state index contributed by atoms with van der Waals surface area (Å²) in [7, 11) is 0. The van der Waals surface area contributed by atoms with Crippen LogP contribution in [0, 0.1) is 0 Å². The maximum absolute atomic E-state index is 7.07. The highest BCUT2D eigenvalue weighted by atomic mass is 79.9. The van der Waals surface area contributed by atoms with E-state index in [-0.39, 0.29) is 6.10 Å². The van der Waals surface area contributed by atoms with E-state index in [4.69, 9.17) is 4.74 Å². The molecule has 3 aromatic rings. The van der Waals surface area contributed by atoms with E-state index < -0.39 is 5.60 Å². The minimum absolute atomic E-state index is 0.00143. The first kappa shape index (κ1) is 21.5. The van der Waals surface area contributed by atoms with E-state index in [0.717, 1.165) is 29.5 Å². The lowest BCUT2D eigenvalue weighted by Gasteiger charge is -2.38. The lowest BCUT2D eigenvalue weighted by atomic mass is 9.79. The van der Waals surface area contributed by atoms with Crippen LogP contribution in [-0.2, 0) is 10.3 Å². The first-order chi connectivity index (χ1) is 14.3. The molecule has 2 heteroatoms. The molecule has 0 aromatic heterocycles. The van der Waals surface area contributed by atoms with Crippen LogP contribution in [0.15, 0.2) is 102 Å². The maximum Gasteiger partial charge on any atom is 0.144 e. The van der Waals surface area contributed by atoms with Crippen molar-refractivity contribution in [1.29, 1.82) is 0 Å². The molecule has 0 spiro atoms. The van der Waals surface area contributed by atoms with Crippen LogP contribution in [0.4, 0.5) is 0 Å². The summed E-state index contributed by atoms with van der Waals surface area (Å²) in [4.78, 5) is 1.93. The SMILES string of the molecule is CCCCCC(/C=C/Br)OC(c1ccccc1)(c1ccccc1)c1ccccc1. The number of halogens is 1. The Hall–Kier alpha value is -2.16. The van der Waals surface area contributed by atoms with Gasteiger partial charge in [0.2, 0.25) is 0 Å². The van der Waals surface area contributed by atoms with Crippen LogP contribution in [0.5, 0.6) is 0 Å². The number of unbranched alkanes of at least 4 members (excludes halogenated alkanes) is 2. The van der Waals surface area contributed by atoms with Crippen molar-refractivity contribution in [3.8, 4) is 0 Å². The van der Waals surface area contributed by atoms with Gasteiger partial charge in [0.05, 0.1) is 6.10 Å². The molecule has 1 unspecified atom stereocenters. The van der Waals surface area contributed by atoms with Gasteiger partial charge in [-0.15, -0.1) is 0 Å². The lowest BCUT2D eigenvalue weighted by molar-refractivity contribution is -0.0285. The summed E-state index contributed by atoms with van der Waals surface area (Å²) < 4.78 is 7.07. The van der Waals surface area contributed by atoms with E-state index >= 15 is 0 Å². The average Bonchev–Trinajstić information content (AvgIpc) is 2.79. The van der Waals surface area contributed by atoms with Gasteiger partial charge in [-0.05, 0) is 34.2 Å². The van der Waals surface area contributed by atoms with E-state index in [0.29, 0.717) is 0 Å². The van der Waals surface area contributed by atoms with Gasteiger partial charge in [0.15, 0.2) is 0 Å². The predicted molar refractivity (Wildman–Crippen MR) is 126 cm³/mol. The maximum atomic E-state index is 7.07. The highest BCUT2D eigenvalue weighted by Crippen LogP contribution is 2.42. The summed E-state index contributed by atoms with van der Waals surface area (Å²) in [6, 6.07) is 31.7. The van der Waals surface area contributed by atoms with Crippen molar-refractivity contribution < 1.29 is 4.74 Å². The third kappa shape index (κ3) is 5.26. The first-order valence-corrected chi connectivity index (χ1v) is 11.3. The van der Waals surface area contributed by atoms with Crippen molar-refractivity contribution in [2.24, 2.45) is 0 Å². The third-order valence-corrected chi connectivity index (χ3v) is 5.55. The summed E-state index contributed by atoms with van der Waals surface area (Å²) in [6.07, 6.45) is 6.68. The van der Waals surface area contributed by atoms with Crippen LogP contribution in [0.1, 0.15) is 49.3 Å². The number of ether oxygens (including phenoxy) is 1. The van der Waals surface area contributed by atoms with E-state index in [2.05, 4.69) is 120 Å². The molecule has 0 bridgehead atoms. The Morgan fingerprint density at radius 2 is 1.21 bits per heavy atom. The zero-order valence-electron chi connectivity index (χ0n) is 17.0. The average molecular weight is 449 g/mol. The van der Waals surface area contributed by atoms with Crippen LogP contribution in [-0.4, -0.2) is 6.10 Å². The molecule has 0 fully saturated rings. The molecule has 0 saturated carbocycles. The zero-order chi connectivity index (χ0) is 20.4. The fourth-order valence-corrected chi connectivity index (χ4v) is 4.16. The van der Waals surface area contributed by atoms with Crippen molar-refractivity contribution in [2.45, 2.75) is 44.3 Å². The molecule has 0 aliphatic carbocycles. The Bertz CT molecular complexity index is 762. The molecule has 3 aromatic carbocycles. The fourth-order valence-electron chi connectivity index (χ4n) is 3.82. The molecule has 0 N–H and O–H groups in total. The Morgan fingerprint density at radius 3 is 1.59 bits per heavy atom. The molecule has 3 rings (SSSR count). The van der Waals surface area contributed by atoms with Gasteiger partial charge in [-0.25, -0.2) is 0 Å². The molecule has 0 aliphatic heterocycles. The zero-order valence-corrected chi connectivity index (χ0v) is 18.6. The number of rotatable bonds is 10. The van der Waals surface area contributed by atoms with Gasteiger partial charge in [0.25, 0.3) is 0 Å². The molecular weight excluding hydrogens is 420 g/mol. The third-order valence-electron chi connectivity index (χ3n) is 5.25. The topological polar surface area (TPSA) is 9.23 Å². The van der Waals surface area contributed by atoms with E-state index in [1.165, 1.54) is 12.8 Å². The van der Waals surface area contributed by atoms with Gasteiger partial charge in [-0.1, -0.05) is 133 Å². The normalized spacial score (nSPS) is 12.9. The van der Waals surface area contributed by atoms with E-state index in [1.54, 1.807) is 0 Å². The second-order valence-electron chi connectivity index (χ2n) is 7.25. The largest absolute Gasteiger partial charge is 0.354 e. The van der Waals surface area contributed by atoms with Crippen LogP contribution in [0.2, 0.25) is 0 Å². The lowest BCUT2D eigenvalue weighted by Crippen LogP contribution is -2.36. The summed E-state index contributed by atoms with van der Waals surface area (Å²) in [6.45, 7) is 2.23. The highest BCUT2D eigenvalue weighted by Gasteiger charge is 2.39. The summed E-state index contributed by atoms with van der Waals surface area (Å²) in [5.41, 5.74) is 2.75. The van der Waals surface area contributed by atoms with Gasteiger partial charge >= 0.3 is 0 Å². The molecule has 0 saturated heterocycles. The monoisotopic (exact) mass is 448 g/mol. The van der Waals surface area contributed by atoms with Gasteiger partial charge < -0.3 is 4.74 Å². The molecule has 0 radical (unpaired) electrons. The molecule has 29 heavy (non-hydrogen) atoms. The number of hydrogen-bond acceptors (Lipinski definition) is 1. The van der Waals surface area contributed by atoms with Gasteiger partial charge in [0, 0.05) is 0 Å². The molecule has 150 valence electrons. The van der Waals surface area contributed by atoms with Gasteiger partial charge in [-0.2, -0.15) is 0 Å². The van der Waals surface area contributed by atoms with Crippen LogP contribution >= 0.6 is 15.9 Å². The molecule has 0 heterocycles. The van der Waals surface area contributed by atoms with Crippen LogP contribution in [0.25, 0.3) is 0 Å². The van der Waals surface area contributed by atoms with Gasteiger partial charge in [0.1, 0.15) is 5.60 Å².